The van der Waals surface area contributed by atoms with Gasteiger partial charge in [0.2, 0.25) is 0 Å². The molecule has 0 bridgehead atoms. The third-order valence-corrected chi connectivity index (χ3v) is 7.26. The molecule has 1 aromatic rings. The van der Waals surface area contributed by atoms with E-state index in [1.807, 2.05) is 4.90 Å². The highest BCUT2D eigenvalue weighted by Gasteiger charge is 2.69. The van der Waals surface area contributed by atoms with E-state index in [2.05, 4.69) is 42.8 Å². The van der Waals surface area contributed by atoms with Crippen LogP contribution in [0.25, 0.3) is 0 Å². The molecule has 0 radical (unpaired) electrons. The van der Waals surface area contributed by atoms with E-state index in [0.717, 1.165) is 6.08 Å². The summed E-state index contributed by atoms with van der Waals surface area (Å²) in [6.07, 6.45) is 6.64. The van der Waals surface area contributed by atoms with Gasteiger partial charge in [-0.2, -0.15) is 5.26 Å². The number of ether oxygens (including phenoxy) is 1. The number of hydrogen-bond donors (Lipinski definition) is 0. The van der Waals surface area contributed by atoms with Crippen molar-refractivity contribution in [3.63, 3.8) is 0 Å². The lowest BCUT2D eigenvalue weighted by molar-refractivity contribution is -0.152. The molecule has 0 spiro atoms. The molecule has 0 amide bonds. The van der Waals surface area contributed by atoms with Crippen molar-refractivity contribution in [3.8, 4) is 6.07 Å². The Balaban J connectivity index is 2.33. The van der Waals surface area contributed by atoms with E-state index in [-0.39, 0.29) is 20.5 Å². The number of carbonyl (C=O) groups is 1. The van der Waals surface area contributed by atoms with Crippen LogP contribution in [0.15, 0.2) is 58.3 Å². The quantitative estimate of drug-likeness (QED) is 0.288. The predicted molar refractivity (Wildman–Crippen MR) is 132 cm³/mol. The van der Waals surface area contributed by atoms with Gasteiger partial charge in [-0.05, 0) is 65.4 Å². The van der Waals surface area contributed by atoms with Crippen molar-refractivity contribution in [2.24, 2.45) is 10.8 Å². The second kappa shape index (κ2) is 9.56. The number of cyclic esters (lactones) is 1. The number of carbonyl (C=O) groups excluding carboxylic acids is 1. The summed E-state index contributed by atoms with van der Waals surface area (Å²) in [5, 5.41) is 10.8. The van der Waals surface area contributed by atoms with Crippen molar-refractivity contribution >= 4 is 33.5 Å². The molecule has 1 aromatic carbocycles. The molecule has 182 valence electrons. The van der Waals surface area contributed by atoms with E-state index in [1.54, 1.807) is 44.2 Å². The van der Waals surface area contributed by atoms with E-state index in [9.17, 15) is 14.4 Å². The monoisotopic (exact) mass is 552 g/mol. The minimum atomic E-state index is -1.30. The molecule has 4 atom stereocenters. The molecule has 4 nitrogen and oxygen atoms in total. The number of halogens is 4. The fraction of sp³-hybridized carbons (Fsp3) is 0.462. The summed E-state index contributed by atoms with van der Waals surface area (Å²) in [5.41, 5.74) is -2.26. The van der Waals surface area contributed by atoms with Gasteiger partial charge >= 0.3 is 5.97 Å². The van der Waals surface area contributed by atoms with Crippen LogP contribution in [-0.4, -0.2) is 28.7 Å². The highest BCUT2D eigenvalue weighted by molar-refractivity contribution is 9.10. The molecule has 0 N–H and O–H groups in total. The summed E-state index contributed by atoms with van der Waals surface area (Å²) in [4.78, 5) is 15.1. The minimum absolute atomic E-state index is 0.127. The van der Waals surface area contributed by atoms with Crippen LogP contribution in [-0.2, 0) is 9.53 Å². The van der Waals surface area contributed by atoms with Gasteiger partial charge in [-0.15, -0.1) is 0 Å². The summed E-state index contributed by atoms with van der Waals surface area (Å²) in [6.45, 7) is 9.73. The van der Waals surface area contributed by atoms with Crippen LogP contribution in [0, 0.1) is 28.0 Å². The fourth-order valence-electron chi connectivity index (χ4n) is 5.22. The number of esters is 1. The number of allylic oxidation sites excluding steroid dienone is 4. The zero-order chi connectivity index (χ0) is 25.5. The van der Waals surface area contributed by atoms with E-state index < -0.39 is 40.9 Å². The van der Waals surface area contributed by atoms with Crippen LogP contribution in [0.3, 0.4) is 0 Å². The molecule has 2 fully saturated rings. The Bertz CT molecular complexity index is 1100. The maximum absolute atomic E-state index is 15.5. The van der Waals surface area contributed by atoms with Crippen molar-refractivity contribution in [3.05, 3.63) is 69.7 Å². The standard InChI is InChI=1S/C26H28BrClF2N2O2/c1-24(2,3)14-19-26(15-31,12-7-8-16(28)11-13-29)20(17-9-6-10-18(27)21(17)30)22-23(33)34-25(4,5)32(19)22/h6-13,19-20,22H,14H2,1-5H3/b12-7+,13-11+,16-8+/t19-,20-,22+,26+/m0/s1. The van der Waals surface area contributed by atoms with Crippen molar-refractivity contribution in [2.75, 3.05) is 0 Å². The number of nitriles is 1. The average Bonchev–Trinajstić information content (AvgIpc) is 3.12. The Hall–Kier alpha value is -2.01. The Morgan fingerprint density at radius 3 is 2.65 bits per heavy atom. The minimum Gasteiger partial charge on any atom is -0.443 e. The van der Waals surface area contributed by atoms with Gasteiger partial charge < -0.3 is 4.74 Å². The largest absolute Gasteiger partial charge is 0.443 e. The van der Waals surface area contributed by atoms with Gasteiger partial charge in [-0.1, -0.05) is 56.7 Å². The number of benzene rings is 1. The summed E-state index contributed by atoms with van der Waals surface area (Å²) < 4.78 is 34.0. The molecule has 0 aliphatic carbocycles. The number of nitrogens with zero attached hydrogens (tertiary/aromatic N) is 2. The second-order valence-corrected chi connectivity index (χ2v) is 11.7. The van der Waals surface area contributed by atoms with E-state index in [4.69, 9.17) is 16.3 Å². The van der Waals surface area contributed by atoms with Crippen LogP contribution in [0.5, 0.6) is 0 Å². The summed E-state index contributed by atoms with van der Waals surface area (Å²) in [6, 6.07) is 5.98. The summed E-state index contributed by atoms with van der Waals surface area (Å²) in [7, 11) is 0. The Morgan fingerprint density at radius 1 is 1.38 bits per heavy atom. The molecule has 0 saturated carbocycles. The Kier molecular flexibility index (Phi) is 7.48. The van der Waals surface area contributed by atoms with Gasteiger partial charge in [0, 0.05) is 17.0 Å². The van der Waals surface area contributed by atoms with Gasteiger partial charge in [0.25, 0.3) is 0 Å². The fourth-order valence-corrected chi connectivity index (χ4v) is 5.72. The molecule has 0 aromatic heterocycles. The molecule has 2 aliphatic heterocycles. The molecule has 0 unspecified atom stereocenters. The lowest BCUT2D eigenvalue weighted by Crippen LogP contribution is -2.50. The first kappa shape index (κ1) is 26.6. The summed E-state index contributed by atoms with van der Waals surface area (Å²) in [5.74, 6) is -1.87. The number of hydrogen-bond acceptors (Lipinski definition) is 4. The molecule has 2 saturated heterocycles. The smallest absolute Gasteiger partial charge is 0.325 e. The van der Waals surface area contributed by atoms with Gasteiger partial charge in [-0.3, -0.25) is 4.79 Å². The molecular formula is C26H28BrClF2N2O2. The van der Waals surface area contributed by atoms with E-state index >= 15 is 4.39 Å². The van der Waals surface area contributed by atoms with E-state index in [0.29, 0.717) is 12.8 Å². The molecular weight excluding hydrogens is 526 g/mol. The van der Waals surface area contributed by atoms with Gasteiger partial charge in [0.1, 0.15) is 17.3 Å². The lowest BCUT2D eigenvalue weighted by atomic mass is 9.66. The van der Waals surface area contributed by atoms with Crippen molar-refractivity contribution < 1.29 is 18.3 Å². The van der Waals surface area contributed by atoms with Gasteiger partial charge in [0.15, 0.2) is 5.72 Å². The topological polar surface area (TPSA) is 53.3 Å². The van der Waals surface area contributed by atoms with Crippen LogP contribution in [0.1, 0.15) is 52.5 Å². The number of rotatable bonds is 5. The first-order valence-electron chi connectivity index (χ1n) is 11.0. The van der Waals surface area contributed by atoms with Gasteiger partial charge in [0.05, 0.1) is 16.9 Å². The second-order valence-electron chi connectivity index (χ2n) is 10.4. The van der Waals surface area contributed by atoms with Crippen molar-refractivity contribution in [1.82, 2.24) is 4.90 Å². The molecule has 8 heteroatoms. The zero-order valence-corrected chi connectivity index (χ0v) is 22.1. The average molecular weight is 554 g/mol. The molecule has 34 heavy (non-hydrogen) atoms. The SMILES string of the molecule is CC(C)(C)C[C@@H]1N2[C@@H](C(=O)OC2(C)C)[C@H](c2cccc(Br)c2F)[C@@]1(C#N)/C=C/C=C(Cl)\C=C\F. The Morgan fingerprint density at radius 2 is 2.06 bits per heavy atom. The van der Waals surface area contributed by atoms with Crippen molar-refractivity contribution in [1.29, 1.82) is 5.26 Å². The van der Waals surface area contributed by atoms with Crippen LogP contribution in [0.4, 0.5) is 8.78 Å². The number of fused-ring (bicyclic) bond motifs is 1. The first-order valence-corrected chi connectivity index (χ1v) is 12.1. The maximum atomic E-state index is 15.5. The molecule has 2 aliphatic rings. The highest BCUT2D eigenvalue weighted by Crippen LogP contribution is 2.59. The summed E-state index contributed by atoms with van der Waals surface area (Å²) >= 11 is 9.25. The Labute approximate surface area is 213 Å². The van der Waals surface area contributed by atoms with Crippen LogP contribution >= 0.6 is 27.5 Å². The van der Waals surface area contributed by atoms with E-state index in [1.165, 1.54) is 6.08 Å². The third-order valence-electron chi connectivity index (χ3n) is 6.40. The predicted octanol–water partition coefficient (Wildman–Crippen LogP) is 7.13. The third kappa shape index (κ3) is 4.73. The van der Waals surface area contributed by atoms with Crippen LogP contribution < -0.4 is 0 Å². The molecule has 3 rings (SSSR count). The lowest BCUT2D eigenvalue weighted by Gasteiger charge is -2.41. The highest BCUT2D eigenvalue weighted by atomic mass is 79.9. The van der Waals surface area contributed by atoms with Gasteiger partial charge in [-0.25, -0.2) is 13.7 Å². The first-order chi connectivity index (χ1) is 15.8. The normalized spacial score (nSPS) is 29.6. The molecule has 2 heterocycles. The zero-order valence-electron chi connectivity index (χ0n) is 19.8. The van der Waals surface area contributed by atoms with Crippen LogP contribution in [0.2, 0.25) is 0 Å². The maximum Gasteiger partial charge on any atom is 0.325 e. The van der Waals surface area contributed by atoms with Crippen molar-refractivity contribution in [2.45, 2.75) is 64.8 Å².